The van der Waals surface area contributed by atoms with Gasteiger partial charge in [-0.3, -0.25) is 4.79 Å². The third-order valence-electron chi connectivity index (χ3n) is 6.25. The second-order valence-electron chi connectivity index (χ2n) is 9.27. The van der Waals surface area contributed by atoms with E-state index in [0.29, 0.717) is 6.42 Å². The molecule has 0 bridgehead atoms. The molecule has 1 unspecified atom stereocenters. The molecule has 0 saturated heterocycles. The van der Waals surface area contributed by atoms with Crippen LogP contribution in [0.4, 0.5) is 0 Å². The third-order valence-corrected chi connectivity index (χ3v) is 7.20. The normalized spacial score (nSPS) is 24.3. The summed E-state index contributed by atoms with van der Waals surface area (Å²) in [6.45, 7) is 5.91. The summed E-state index contributed by atoms with van der Waals surface area (Å²) in [6, 6.07) is 8.31. The highest BCUT2D eigenvalue weighted by atomic mass is 35.5. The quantitative estimate of drug-likeness (QED) is 0.135. The highest BCUT2D eigenvalue weighted by Crippen LogP contribution is 2.47. The van der Waals surface area contributed by atoms with E-state index in [-0.39, 0.29) is 34.7 Å². The molecule has 0 amide bonds. The molecule has 1 N–H and O–H groups in total. The number of ether oxygens (including phenoxy) is 1. The van der Waals surface area contributed by atoms with E-state index in [1.54, 1.807) is 0 Å². The van der Waals surface area contributed by atoms with Crippen molar-refractivity contribution in [2.75, 3.05) is 0 Å². The van der Waals surface area contributed by atoms with Crippen molar-refractivity contribution >= 4 is 29.2 Å². The molecule has 1 aromatic carbocycles. The van der Waals surface area contributed by atoms with Crippen LogP contribution in [0.2, 0.25) is 0 Å². The molecule has 1 fully saturated rings. The van der Waals surface area contributed by atoms with Crippen molar-refractivity contribution in [3.05, 3.63) is 47.5 Å². The summed E-state index contributed by atoms with van der Waals surface area (Å²) in [7, 11) is 0. The first kappa shape index (κ1) is 27.2. The molecule has 0 spiro atoms. The molecule has 1 aromatic rings. The van der Waals surface area contributed by atoms with Gasteiger partial charge in [0.1, 0.15) is 0 Å². The fraction of sp³-hybridized carbons (Fsp3) is 0.667. The van der Waals surface area contributed by atoms with Gasteiger partial charge in [0.25, 0.3) is 0 Å². The molecule has 3 nitrogen and oxygen atoms in total. The van der Waals surface area contributed by atoms with Crippen LogP contribution in [0, 0.1) is 5.92 Å². The van der Waals surface area contributed by atoms with Crippen molar-refractivity contribution in [1.82, 2.24) is 0 Å². The summed E-state index contributed by atoms with van der Waals surface area (Å²) in [5.74, 6) is 0.353. The lowest BCUT2D eigenvalue weighted by atomic mass is 9.85. The maximum atomic E-state index is 11.6. The van der Waals surface area contributed by atoms with E-state index in [2.05, 4.69) is 31.2 Å². The van der Waals surface area contributed by atoms with Crippen molar-refractivity contribution in [1.29, 1.82) is 0 Å². The number of unbranched alkanes of at least 4 members (excludes halogenated alkanes) is 3. The average molecular weight is 484 g/mol. The lowest BCUT2D eigenvalue weighted by Gasteiger charge is -2.23. The first-order valence-electron chi connectivity index (χ1n) is 12.2. The van der Waals surface area contributed by atoms with Gasteiger partial charge in [0.2, 0.25) is 0 Å². The average Bonchev–Trinajstić information content (AvgIpc) is 3.03. The number of hydrogen-bond donors (Lipinski definition) is 1. The lowest BCUT2D eigenvalue weighted by molar-refractivity contribution is -0.147. The van der Waals surface area contributed by atoms with Crippen LogP contribution in [-0.4, -0.2) is 27.9 Å². The number of aliphatic hydroxyl groups is 1. The zero-order chi connectivity index (χ0) is 23.5. The number of alkyl halides is 2. The predicted octanol–water partition coefficient (Wildman–Crippen LogP) is 7.69. The van der Waals surface area contributed by atoms with Crippen LogP contribution in [0.5, 0.6) is 0 Å². The molecule has 5 atom stereocenters. The van der Waals surface area contributed by atoms with Crippen LogP contribution in [-0.2, 0) is 9.53 Å². The summed E-state index contributed by atoms with van der Waals surface area (Å²) in [5, 5.41) is 10.5. The second-order valence-corrected chi connectivity index (χ2v) is 10.4. The number of rotatable bonds is 13. The number of halogens is 2. The third kappa shape index (κ3) is 8.72. The van der Waals surface area contributed by atoms with E-state index in [4.69, 9.17) is 27.9 Å². The van der Waals surface area contributed by atoms with Crippen LogP contribution < -0.4 is 0 Å². The first-order chi connectivity index (χ1) is 15.3. The van der Waals surface area contributed by atoms with Gasteiger partial charge in [0.05, 0.1) is 12.2 Å². The molecule has 32 heavy (non-hydrogen) atoms. The van der Waals surface area contributed by atoms with Crippen molar-refractivity contribution in [2.24, 2.45) is 5.92 Å². The van der Waals surface area contributed by atoms with Crippen LogP contribution in [0.25, 0.3) is 0 Å². The Morgan fingerprint density at radius 2 is 1.84 bits per heavy atom. The lowest BCUT2D eigenvalue weighted by Crippen LogP contribution is -2.16. The fourth-order valence-corrected chi connectivity index (χ4v) is 5.60. The molecular formula is C27H40Cl2O3. The molecule has 0 heterocycles. The van der Waals surface area contributed by atoms with Crippen molar-refractivity contribution in [3.63, 3.8) is 0 Å². The minimum absolute atomic E-state index is 0.0158. The molecule has 0 radical (unpaired) electrons. The predicted molar refractivity (Wildman–Crippen MR) is 135 cm³/mol. The molecule has 1 aliphatic rings. The molecular weight excluding hydrogens is 443 g/mol. The van der Waals surface area contributed by atoms with Gasteiger partial charge < -0.3 is 9.84 Å². The van der Waals surface area contributed by atoms with E-state index in [0.717, 1.165) is 56.9 Å². The summed E-state index contributed by atoms with van der Waals surface area (Å²) in [5.41, 5.74) is 2.18. The Morgan fingerprint density at radius 1 is 1.12 bits per heavy atom. The minimum Gasteiger partial charge on any atom is -0.463 e. The molecule has 0 aliphatic heterocycles. The first-order valence-corrected chi connectivity index (χ1v) is 13.1. The molecule has 2 rings (SSSR count). The largest absolute Gasteiger partial charge is 0.463 e. The van der Waals surface area contributed by atoms with E-state index in [9.17, 15) is 9.90 Å². The van der Waals surface area contributed by atoms with Gasteiger partial charge in [0.15, 0.2) is 0 Å². The van der Waals surface area contributed by atoms with Crippen LogP contribution in [0.15, 0.2) is 36.4 Å². The van der Waals surface area contributed by atoms with E-state index >= 15 is 0 Å². The fourth-order valence-electron chi connectivity index (χ4n) is 4.53. The second kappa shape index (κ2) is 14.3. The summed E-state index contributed by atoms with van der Waals surface area (Å²) < 4.78 is 5.16. The molecule has 1 saturated carbocycles. The molecule has 180 valence electrons. The van der Waals surface area contributed by atoms with Gasteiger partial charge in [0, 0.05) is 23.1 Å². The Bertz CT molecular complexity index is 701. The Labute approximate surface area is 204 Å². The number of benzene rings is 1. The minimum atomic E-state index is -0.400. The van der Waals surface area contributed by atoms with Crippen LogP contribution >= 0.6 is 23.2 Å². The molecule has 0 aromatic heterocycles. The van der Waals surface area contributed by atoms with Crippen molar-refractivity contribution < 1.29 is 14.6 Å². The van der Waals surface area contributed by atoms with E-state index in [1.165, 1.54) is 5.56 Å². The highest BCUT2D eigenvalue weighted by Gasteiger charge is 2.41. The summed E-state index contributed by atoms with van der Waals surface area (Å²) in [6.07, 6.45) is 11.8. The zero-order valence-electron chi connectivity index (χ0n) is 19.8. The van der Waals surface area contributed by atoms with Gasteiger partial charge in [-0.1, -0.05) is 62.6 Å². The maximum Gasteiger partial charge on any atom is 0.306 e. The SMILES string of the molecule is CCCCCC(O)c1ccc([C@@H]2[C@@H](CC=CCCCC(=O)OC(C)C)[C@H](Cl)C[C@H]2Cl)cc1. The van der Waals surface area contributed by atoms with Gasteiger partial charge in [-0.05, 0) is 63.0 Å². The number of esters is 1. The molecule has 5 heteroatoms. The highest BCUT2D eigenvalue weighted by molar-refractivity contribution is 6.25. The van der Waals surface area contributed by atoms with Gasteiger partial charge in [-0.2, -0.15) is 0 Å². The smallest absolute Gasteiger partial charge is 0.306 e. The Hall–Kier alpha value is -1.03. The number of carbonyl (C=O) groups is 1. The van der Waals surface area contributed by atoms with E-state index < -0.39 is 6.10 Å². The Balaban J connectivity index is 1.89. The number of allylic oxidation sites excluding steroid dienone is 2. The van der Waals surface area contributed by atoms with Crippen LogP contribution in [0.1, 0.15) is 102 Å². The molecule has 1 aliphatic carbocycles. The maximum absolute atomic E-state index is 11.6. The summed E-state index contributed by atoms with van der Waals surface area (Å²) in [4.78, 5) is 11.6. The monoisotopic (exact) mass is 482 g/mol. The Kier molecular flexibility index (Phi) is 12.1. The van der Waals surface area contributed by atoms with Crippen molar-refractivity contribution in [3.8, 4) is 0 Å². The Morgan fingerprint density at radius 3 is 2.50 bits per heavy atom. The van der Waals surface area contributed by atoms with Gasteiger partial charge >= 0.3 is 5.97 Å². The standard InChI is InChI=1S/C27H40Cl2O3/c1-4-5-8-12-25(30)20-14-16-21(17-15-20)27-22(23(28)18-24(27)29)11-9-6-7-10-13-26(31)32-19(2)3/h6,9,14-17,19,22-25,27,30H,4-5,7-8,10-13,18H2,1-3H3/t22-,23+,24+,25?,27+/m0/s1. The number of aliphatic hydroxyl groups excluding tert-OH is 1. The van der Waals surface area contributed by atoms with Gasteiger partial charge in [-0.25, -0.2) is 0 Å². The van der Waals surface area contributed by atoms with Crippen LogP contribution in [0.3, 0.4) is 0 Å². The van der Waals surface area contributed by atoms with E-state index in [1.807, 2.05) is 26.0 Å². The summed E-state index contributed by atoms with van der Waals surface area (Å²) >= 11 is 13.4. The topological polar surface area (TPSA) is 46.5 Å². The number of carbonyl (C=O) groups excluding carboxylic acids is 1. The number of hydrogen-bond acceptors (Lipinski definition) is 3. The van der Waals surface area contributed by atoms with Gasteiger partial charge in [-0.15, -0.1) is 23.2 Å². The zero-order valence-corrected chi connectivity index (χ0v) is 21.3. The van der Waals surface area contributed by atoms with Crippen molar-refractivity contribution in [2.45, 2.75) is 107 Å².